The second-order valence-corrected chi connectivity index (χ2v) is 6.22. The summed E-state index contributed by atoms with van der Waals surface area (Å²) in [6, 6.07) is 5.24. The van der Waals surface area contributed by atoms with Crippen LogP contribution in [0.4, 0.5) is 5.69 Å². The fourth-order valence-corrected chi connectivity index (χ4v) is 3.36. The lowest BCUT2D eigenvalue weighted by molar-refractivity contribution is -0.121. The Kier molecular flexibility index (Phi) is 3.69. The van der Waals surface area contributed by atoms with Crippen molar-refractivity contribution in [3.8, 4) is 0 Å². The molecule has 2 heterocycles. The van der Waals surface area contributed by atoms with Gasteiger partial charge in [0.05, 0.1) is 10.7 Å². The third kappa shape index (κ3) is 2.66. The molecule has 0 bridgehead atoms. The minimum Gasteiger partial charge on any atom is -0.274 e. The van der Waals surface area contributed by atoms with Gasteiger partial charge in [0.15, 0.2) is 5.16 Å². The van der Waals surface area contributed by atoms with Crippen molar-refractivity contribution in [3.63, 3.8) is 0 Å². The number of benzene rings is 1. The largest absolute Gasteiger partial charge is 0.274 e. The Bertz CT molecular complexity index is 704. The van der Waals surface area contributed by atoms with Crippen molar-refractivity contribution in [2.75, 3.05) is 4.90 Å². The standard InChI is InChI=1S/C13H11ClN4O2S/c1-7-2-3-9(8(14)4-7)18-11(19)5-10(12(18)20)21-13-15-6-16-17-13/h2-4,6,10H,5H2,1H3,(H,15,16,17)/t10-/m0/s1. The van der Waals surface area contributed by atoms with Crippen LogP contribution >= 0.6 is 23.4 Å². The van der Waals surface area contributed by atoms with E-state index in [1.54, 1.807) is 12.1 Å². The van der Waals surface area contributed by atoms with Crippen molar-refractivity contribution in [2.45, 2.75) is 23.8 Å². The summed E-state index contributed by atoms with van der Waals surface area (Å²) in [5, 5.41) is 6.78. The Morgan fingerprint density at radius 2 is 2.24 bits per heavy atom. The number of aromatic amines is 1. The molecular formula is C13H11ClN4O2S. The Balaban J connectivity index is 1.86. The zero-order chi connectivity index (χ0) is 15.0. The van der Waals surface area contributed by atoms with Gasteiger partial charge >= 0.3 is 0 Å². The summed E-state index contributed by atoms with van der Waals surface area (Å²) in [6.45, 7) is 1.89. The summed E-state index contributed by atoms with van der Waals surface area (Å²) < 4.78 is 0. The van der Waals surface area contributed by atoms with Gasteiger partial charge in [0, 0.05) is 6.42 Å². The normalized spacial score (nSPS) is 18.6. The molecule has 21 heavy (non-hydrogen) atoms. The second kappa shape index (κ2) is 5.50. The van der Waals surface area contributed by atoms with E-state index in [0.717, 1.165) is 10.5 Å². The van der Waals surface area contributed by atoms with E-state index in [0.29, 0.717) is 15.9 Å². The van der Waals surface area contributed by atoms with Crippen molar-refractivity contribution in [1.82, 2.24) is 15.2 Å². The summed E-state index contributed by atoms with van der Waals surface area (Å²) in [5.74, 6) is -0.546. The maximum Gasteiger partial charge on any atom is 0.247 e. The van der Waals surface area contributed by atoms with Crippen LogP contribution in [0.5, 0.6) is 0 Å². The van der Waals surface area contributed by atoms with Crippen LogP contribution in [0.2, 0.25) is 5.02 Å². The minimum absolute atomic E-state index is 0.119. The summed E-state index contributed by atoms with van der Waals surface area (Å²) in [5.41, 5.74) is 1.40. The van der Waals surface area contributed by atoms with E-state index >= 15 is 0 Å². The van der Waals surface area contributed by atoms with E-state index in [-0.39, 0.29) is 18.2 Å². The van der Waals surface area contributed by atoms with E-state index in [4.69, 9.17) is 11.6 Å². The van der Waals surface area contributed by atoms with Crippen LogP contribution in [-0.2, 0) is 9.59 Å². The highest BCUT2D eigenvalue weighted by atomic mass is 35.5. The Labute approximate surface area is 129 Å². The zero-order valence-corrected chi connectivity index (χ0v) is 12.6. The number of nitrogens with zero attached hydrogens (tertiary/aromatic N) is 3. The Morgan fingerprint density at radius 1 is 1.43 bits per heavy atom. The maximum atomic E-state index is 12.4. The molecule has 1 atom stereocenters. The first-order valence-corrected chi connectivity index (χ1v) is 7.47. The fourth-order valence-electron chi connectivity index (χ4n) is 2.13. The molecule has 1 aliphatic heterocycles. The van der Waals surface area contributed by atoms with Gasteiger partial charge in [0.2, 0.25) is 11.8 Å². The highest BCUT2D eigenvalue weighted by Gasteiger charge is 2.41. The molecule has 6 nitrogen and oxygen atoms in total. The number of carbonyl (C=O) groups excluding carboxylic acids is 2. The van der Waals surface area contributed by atoms with Gasteiger partial charge < -0.3 is 0 Å². The number of anilines is 1. The summed E-state index contributed by atoms with van der Waals surface area (Å²) in [4.78, 5) is 29.7. The third-order valence-electron chi connectivity index (χ3n) is 3.10. The molecule has 1 N–H and O–H groups in total. The third-order valence-corrected chi connectivity index (χ3v) is 4.47. The molecule has 1 aromatic carbocycles. The van der Waals surface area contributed by atoms with Crippen LogP contribution in [0.15, 0.2) is 29.7 Å². The number of imide groups is 1. The molecule has 0 saturated carbocycles. The number of halogens is 1. The molecule has 1 aromatic heterocycles. The molecule has 0 aliphatic carbocycles. The summed E-state index contributed by atoms with van der Waals surface area (Å²) in [7, 11) is 0. The molecule has 1 saturated heterocycles. The smallest absolute Gasteiger partial charge is 0.247 e. The van der Waals surface area contributed by atoms with E-state index in [2.05, 4.69) is 15.2 Å². The zero-order valence-electron chi connectivity index (χ0n) is 11.0. The van der Waals surface area contributed by atoms with Crippen LogP contribution in [-0.4, -0.2) is 32.2 Å². The number of amides is 2. The van der Waals surface area contributed by atoms with Gasteiger partial charge in [-0.05, 0) is 24.6 Å². The average Bonchev–Trinajstić information content (AvgIpc) is 3.02. The fraction of sp³-hybridized carbons (Fsp3) is 0.231. The number of thioether (sulfide) groups is 1. The predicted molar refractivity (Wildman–Crippen MR) is 79.3 cm³/mol. The lowest BCUT2D eigenvalue weighted by atomic mass is 10.2. The quantitative estimate of drug-likeness (QED) is 0.876. The first-order chi connectivity index (χ1) is 10.1. The van der Waals surface area contributed by atoms with Gasteiger partial charge in [-0.2, -0.15) is 5.10 Å². The summed E-state index contributed by atoms with van der Waals surface area (Å²) in [6.07, 6.45) is 1.48. The van der Waals surface area contributed by atoms with Crippen molar-refractivity contribution >= 4 is 40.9 Å². The molecule has 0 radical (unpaired) electrons. The number of rotatable bonds is 3. The minimum atomic E-state index is -0.511. The Hall–Kier alpha value is -1.86. The van der Waals surface area contributed by atoms with Crippen LogP contribution in [0.25, 0.3) is 0 Å². The first-order valence-electron chi connectivity index (χ1n) is 6.21. The van der Waals surface area contributed by atoms with Gasteiger partial charge in [-0.3, -0.25) is 14.7 Å². The van der Waals surface area contributed by atoms with Gasteiger partial charge in [0.1, 0.15) is 11.6 Å². The molecular weight excluding hydrogens is 312 g/mol. The number of aromatic nitrogens is 3. The lowest BCUT2D eigenvalue weighted by Crippen LogP contribution is -2.31. The van der Waals surface area contributed by atoms with E-state index in [1.165, 1.54) is 18.1 Å². The van der Waals surface area contributed by atoms with Crippen LogP contribution in [0, 0.1) is 6.92 Å². The number of H-pyrrole nitrogens is 1. The highest BCUT2D eigenvalue weighted by molar-refractivity contribution is 8.00. The molecule has 3 rings (SSSR count). The SMILES string of the molecule is Cc1ccc(N2C(=O)C[C@H](Sc3ncn[nH]3)C2=O)c(Cl)c1. The molecule has 1 aliphatic rings. The van der Waals surface area contributed by atoms with Gasteiger partial charge in [-0.15, -0.1) is 0 Å². The van der Waals surface area contributed by atoms with Gasteiger partial charge in [-0.25, -0.2) is 9.88 Å². The van der Waals surface area contributed by atoms with Crippen LogP contribution in [0.3, 0.4) is 0 Å². The number of aryl methyl sites for hydroxylation is 1. The topological polar surface area (TPSA) is 79.0 Å². The van der Waals surface area contributed by atoms with Gasteiger partial charge in [0.25, 0.3) is 0 Å². The highest BCUT2D eigenvalue weighted by Crippen LogP contribution is 2.35. The second-order valence-electron chi connectivity index (χ2n) is 4.62. The molecule has 1 fully saturated rings. The molecule has 2 aromatic rings. The number of hydrogen-bond donors (Lipinski definition) is 1. The van der Waals surface area contributed by atoms with E-state index in [1.807, 2.05) is 13.0 Å². The van der Waals surface area contributed by atoms with Crippen LogP contribution in [0.1, 0.15) is 12.0 Å². The van der Waals surface area contributed by atoms with E-state index in [9.17, 15) is 9.59 Å². The lowest BCUT2D eigenvalue weighted by Gasteiger charge is -2.16. The average molecular weight is 323 g/mol. The predicted octanol–water partition coefficient (Wildman–Crippen LogP) is 2.19. The number of hydrogen-bond acceptors (Lipinski definition) is 5. The molecule has 2 amide bonds. The van der Waals surface area contributed by atoms with Crippen molar-refractivity contribution in [3.05, 3.63) is 35.1 Å². The van der Waals surface area contributed by atoms with Crippen molar-refractivity contribution < 1.29 is 9.59 Å². The van der Waals surface area contributed by atoms with Crippen molar-refractivity contribution in [2.24, 2.45) is 0 Å². The van der Waals surface area contributed by atoms with Crippen molar-refractivity contribution in [1.29, 1.82) is 0 Å². The monoisotopic (exact) mass is 322 g/mol. The maximum absolute atomic E-state index is 12.4. The number of carbonyl (C=O) groups is 2. The molecule has 8 heteroatoms. The molecule has 0 spiro atoms. The number of nitrogens with one attached hydrogen (secondary N) is 1. The molecule has 108 valence electrons. The van der Waals surface area contributed by atoms with Gasteiger partial charge in [-0.1, -0.05) is 29.4 Å². The molecule has 0 unspecified atom stereocenters. The Morgan fingerprint density at radius 3 is 2.90 bits per heavy atom. The van der Waals surface area contributed by atoms with Crippen LogP contribution < -0.4 is 4.90 Å². The summed E-state index contributed by atoms with van der Waals surface area (Å²) >= 11 is 7.34. The first kappa shape index (κ1) is 14.1. The van der Waals surface area contributed by atoms with E-state index < -0.39 is 5.25 Å².